The molecule has 0 saturated carbocycles. The first-order chi connectivity index (χ1) is 15.5. The molecule has 0 aromatic heterocycles. The van der Waals surface area contributed by atoms with Crippen molar-refractivity contribution in [3.8, 4) is 5.75 Å². The minimum atomic E-state index is -0.326. The lowest BCUT2D eigenvalue weighted by Crippen LogP contribution is -2.34. The van der Waals surface area contributed by atoms with Gasteiger partial charge in [-0.05, 0) is 73.6 Å². The molecule has 0 fully saturated rings. The molecule has 0 aliphatic heterocycles. The molecule has 0 aliphatic carbocycles. The van der Waals surface area contributed by atoms with Gasteiger partial charge in [0.2, 0.25) is 0 Å². The van der Waals surface area contributed by atoms with Crippen molar-refractivity contribution in [2.75, 3.05) is 38.7 Å². The maximum atomic E-state index is 12.7. The molecule has 0 radical (unpaired) electrons. The van der Waals surface area contributed by atoms with Crippen molar-refractivity contribution in [3.63, 3.8) is 0 Å². The Hall–Kier alpha value is -2.97. The van der Waals surface area contributed by atoms with Gasteiger partial charge in [0.25, 0.3) is 11.8 Å². The molecule has 32 heavy (non-hydrogen) atoms. The van der Waals surface area contributed by atoms with E-state index in [-0.39, 0.29) is 16.9 Å². The van der Waals surface area contributed by atoms with Gasteiger partial charge < -0.3 is 19.7 Å². The van der Waals surface area contributed by atoms with Crippen molar-refractivity contribution in [1.82, 2.24) is 10.2 Å². The van der Waals surface area contributed by atoms with E-state index in [0.717, 1.165) is 25.9 Å². The van der Waals surface area contributed by atoms with Crippen LogP contribution in [-0.2, 0) is 4.74 Å². The number of thiocarbonyl (C=S) groups is 1. The zero-order valence-corrected chi connectivity index (χ0v) is 19.7. The molecule has 2 aromatic carbocycles. The van der Waals surface area contributed by atoms with Crippen molar-refractivity contribution < 1.29 is 19.1 Å². The van der Waals surface area contributed by atoms with Gasteiger partial charge >= 0.3 is 0 Å². The predicted molar refractivity (Wildman–Crippen MR) is 130 cm³/mol. The first-order valence-corrected chi connectivity index (χ1v) is 11.1. The van der Waals surface area contributed by atoms with Crippen molar-refractivity contribution in [2.24, 2.45) is 0 Å². The number of hydrogen-bond donors (Lipinski definition) is 2. The van der Waals surface area contributed by atoms with Gasteiger partial charge in [0.15, 0.2) is 5.11 Å². The summed E-state index contributed by atoms with van der Waals surface area (Å²) in [6.07, 6.45) is 1.84. The fourth-order valence-electron chi connectivity index (χ4n) is 3.02. The van der Waals surface area contributed by atoms with Crippen molar-refractivity contribution in [1.29, 1.82) is 0 Å². The summed E-state index contributed by atoms with van der Waals surface area (Å²) in [6, 6.07) is 13.8. The van der Waals surface area contributed by atoms with Crippen LogP contribution >= 0.6 is 12.2 Å². The summed E-state index contributed by atoms with van der Waals surface area (Å²) >= 11 is 5.25. The Morgan fingerprint density at radius 1 is 0.906 bits per heavy atom. The van der Waals surface area contributed by atoms with Gasteiger partial charge in [0, 0.05) is 37.0 Å². The van der Waals surface area contributed by atoms with Crippen molar-refractivity contribution in [2.45, 2.75) is 26.7 Å². The smallest absolute Gasteiger partial charge is 0.257 e. The number of nitrogens with zero attached hydrogens (tertiary/aromatic N) is 1. The second kappa shape index (κ2) is 13.4. The maximum absolute atomic E-state index is 12.7. The quantitative estimate of drug-likeness (QED) is 0.391. The van der Waals surface area contributed by atoms with Crippen LogP contribution in [0.4, 0.5) is 5.69 Å². The molecule has 0 heterocycles. The van der Waals surface area contributed by atoms with Crippen LogP contribution in [0.1, 0.15) is 47.4 Å². The highest BCUT2D eigenvalue weighted by molar-refractivity contribution is 7.80. The van der Waals surface area contributed by atoms with Gasteiger partial charge in [-0.3, -0.25) is 14.9 Å². The standard InChI is InChI=1S/C24H31N3O4S/c1-4-14-27(15-5-2)23(29)19-6-10-20(11-7-19)25-24(32)26-22(28)18-8-12-21(13-9-18)31-17-16-30-3/h6-13H,4-5,14-17H2,1-3H3,(H2,25,26,28,32). The Bertz CT molecular complexity index is 879. The molecule has 7 nitrogen and oxygen atoms in total. The monoisotopic (exact) mass is 457 g/mol. The van der Waals surface area contributed by atoms with Gasteiger partial charge in [0.05, 0.1) is 6.61 Å². The Morgan fingerprint density at radius 2 is 1.50 bits per heavy atom. The maximum Gasteiger partial charge on any atom is 0.257 e. The third-order valence-corrected chi connectivity index (χ3v) is 4.77. The van der Waals surface area contributed by atoms with E-state index in [1.807, 2.05) is 4.90 Å². The normalized spacial score (nSPS) is 10.3. The van der Waals surface area contributed by atoms with Crippen LogP contribution in [0.2, 0.25) is 0 Å². The van der Waals surface area contributed by atoms with E-state index < -0.39 is 0 Å². The molecular weight excluding hydrogens is 426 g/mol. The predicted octanol–water partition coefficient (Wildman–Crippen LogP) is 4.10. The molecule has 172 valence electrons. The van der Waals surface area contributed by atoms with Crippen LogP contribution in [0.25, 0.3) is 0 Å². The Balaban J connectivity index is 1.89. The fourth-order valence-corrected chi connectivity index (χ4v) is 3.23. The molecule has 0 atom stereocenters. The summed E-state index contributed by atoms with van der Waals surface area (Å²) < 4.78 is 10.4. The van der Waals surface area contributed by atoms with E-state index in [2.05, 4.69) is 24.5 Å². The average molecular weight is 458 g/mol. The largest absolute Gasteiger partial charge is 0.491 e. The fraction of sp³-hybridized carbons (Fsp3) is 0.375. The van der Waals surface area contributed by atoms with E-state index >= 15 is 0 Å². The van der Waals surface area contributed by atoms with Gasteiger partial charge in [-0.15, -0.1) is 0 Å². The number of anilines is 1. The second-order valence-corrected chi connectivity index (χ2v) is 7.55. The summed E-state index contributed by atoms with van der Waals surface area (Å²) in [6.45, 7) is 6.53. The molecule has 2 N–H and O–H groups in total. The van der Waals surface area contributed by atoms with E-state index in [4.69, 9.17) is 21.7 Å². The van der Waals surface area contributed by atoms with Crippen LogP contribution in [0.3, 0.4) is 0 Å². The number of carbonyl (C=O) groups is 2. The van der Waals surface area contributed by atoms with Crippen molar-refractivity contribution >= 4 is 34.8 Å². The number of ether oxygens (including phenoxy) is 2. The summed E-state index contributed by atoms with van der Waals surface area (Å²) in [7, 11) is 1.61. The molecule has 2 aromatic rings. The third kappa shape index (κ3) is 7.94. The number of methoxy groups -OCH3 is 1. The minimum absolute atomic E-state index is 0.0192. The lowest BCUT2D eigenvalue weighted by atomic mass is 10.1. The summed E-state index contributed by atoms with van der Waals surface area (Å²) in [5, 5.41) is 5.80. The molecule has 0 spiro atoms. The van der Waals surface area contributed by atoms with Crippen LogP contribution in [-0.4, -0.2) is 55.2 Å². The van der Waals surface area contributed by atoms with Crippen LogP contribution in [0.15, 0.2) is 48.5 Å². The number of hydrogen-bond acceptors (Lipinski definition) is 5. The van der Waals surface area contributed by atoms with Gasteiger partial charge in [0.1, 0.15) is 12.4 Å². The molecular formula is C24H31N3O4S. The lowest BCUT2D eigenvalue weighted by Gasteiger charge is -2.21. The second-order valence-electron chi connectivity index (χ2n) is 7.14. The molecule has 8 heteroatoms. The third-order valence-electron chi connectivity index (χ3n) is 4.56. The first kappa shape index (κ1) is 25.3. The molecule has 0 bridgehead atoms. The Morgan fingerprint density at radius 3 is 2.06 bits per heavy atom. The van der Waals surface area contributed by atoms with E-state index in [1.165, 1.54) is 0 Å². The highest BCUT2D eigenvalue weighted by atomic mass is 32.1. The van der Waals surface area contributed by atoms with Gasteiger partial charge in [-0.2, -0.15) is 0 Å². The number of rotatable bonds is 11. The molecule has 0 saturated heterocycles. The number of nitrogens with one attached hydrogen (secondary N) is 2. The average Bonchev–Trinajstić information content (AvgIpc) is 2.79. The number of carbonyl (C=O) groups excluding carboxylic acids is 2. The summed E-state index contributed by atoms with van der Waals surface area (Å²) in [4.78, 5) is 26.9. The topological polar surface area (TPSA) is 79.9 Å². The molecule has 0 aliphatic rings. The summed E-state index contributed by atoms with van der Waals surface area (Å²) in [5.74, 6) is 0.351. The van der Waals surface area contributed by atoms with Gasteiger partial charge in [-0.25, -0.2) is 0 Å². The number of amides is 2. The first-order valence-electron chi connectivity index (χ1n) is 10.7. The van der Waals surface area contributed by atoms with Gasteiger partial charge in [-0.1, -0.05) is 13.8 Å². The van der Waals surface area contributed by atoms with E-state index in [1.54, 1.807) is 55.6 Å². The Kier molecular flexibility index (Phi) is 10.6. The Labute approximate surface area is 195 Å². The van der Waals surface area contributed by atoms with Crippen LogP contribution in [0.5, 0.6) is 5.75 Å². The minimum Gasteiger partial charge on any atom is -0.491 e. The van der Waals surface area contributed by atoms with E-state index in [9.17, 15) is 9.59 Å². The van der Waals surface area contributed by atoms with Crippen LogP contribution in [0, 0.1) is 0 Å². The van der Waals surface area contributed by atoms with E-state index in [0.29, 0.717) is 35.8 Å². The zero-order chi connectivity index (χ0) is 23.3. The molecule has 2 rings (SSSR count). The van der Waals surface area contributed by atoms with Crippen molar-refractivity contribution in [3.05, 3.63) is 59.7 Å². The number of benzene rings is 2. The highest BCUT2D eigenvalue weighted by Crippen LogP contribution is 2.14. The highest BCUT2D eigenvalue weighted by Gasteiger charge is 2.14. The SMILES string of the molecule is CCCN(CCC)C(=O)c1ccc(NC(=S)NC(=O)c2ccc(OCCOC)cc2)cc1. The van der Waals surface area contributed by atoms with Crippen LogP contribution < -0.4 is 15.4 Å². The lowest BCUT2D eigenvalue weighted by molar-refractivity contribution is 0.0755. The summed E-state index contributed by atoms with van der Waals surface area (Å²) in [5.41, 5.74) is 1.77. The molecule has 2 amide bonds. The molecule has 0 unspecified atom stereocenters. The zero-order valence-electron chi connectivity index (χ0n) is 18.8.